The molecule has 1 unspecified atom stereocenters. The second-order valence-electron chi connectivity index (χ2n) is 4.67. The van der Waals surface area contributed by atoms with Crippen LogP contribution in [0.3, 0.4) is 0 Å². The predicted octanol–water partition coefficient (Wildman–Crippen LogP) is 1.11. The van der Waals surface area contributed by atoms with E-state index < -0.39 is 10.0 Å². The van der Waals surface area contributed by atoms with E-state index in [1.165, 1.54) is 13.2 Å². The Morgan fingerprint density at radius 1 is 1.37 bits per heavy atom. The van der Waals surface area contributed by atoms with Crippen LogP contribution in [-0.4, -0.2) is 33.3 Å². The van der Waals surface area contributed by atoms with Gasteiger partial charge in [0.15, 0.2) is 0 Å². The molecule has 0 aliphatic heterocycles. The Bertz CT molecular complexity index is 540. The Balaban J connectivity index is 3.17. The lowest BCUT2D eigenvalue weighted by atomic mass is 10.1. The topological polar surface area (TPSA) is 75.6 Å². The first-order valence-corrected chi connectivity index (χ1v) is 7.52. The van der Waals surface area contributed by atoms with Gasteiger partial charge in [-0.3, -0.25) is 0 Å². The zero-order valence-corrected chi connectivity index (χ0v) is 12.5. The van der Waals surface area contributed by atoms with E-state index in [2.05, 4.69) is 4.72 Å². The summed E-state index contributed by atoms with van der Waals surface area (Å²) >= 11 is 0. The fourth-order valence-corrected chi connectivity index (χ4v) is 3.48. The van der Waals surface area contributed by atoms with Crippen LogP contribution in [-0.2, 0) is 21.4 Å². The summed E-state index contributed by atoms with van der Waals surface area (Å²) in [5.74, 6) is 0. The second-order valence-corrected chi connectivity index (χ2v) is 6.35. The van der Waals surface area contributed by atoms with Crippen molar-refractivity contribution in [3.8, 4) is 0 Å². The molecule has 1 aromatic carbocycles. The standard InChI is InChI=1S/C13H21NO4S/c1-9-5-12(7-15)6-13(11(9)3)19(16,17)14-10(2)8-18-4/h5-6,10,14-15H,7-8H2,1-4H3. The van der Waals surface area contributed by atoms with E-state index in [1.807, 2.05) is 6.92 Å². The van der Waals surface area contributed by atoms with Crippen LogP contribution in [0.25, 0.3) is 0 Å². The fourth-order valence-electron chi connectivity index (χ4n) is 1.88. The molecule has 0 radical (unpaired) electrons. The van der Waals surface area contributed by atoms with Gasteiger partial charge in [0.2, 0.25) is 10.0 Å². The lowest BCUT2D eigenvalue weighted by Gasteiger charge is -2.16. The highest BCUT2D eigenvalue weighted by Crippen LogP contribution is 2.21. The summed E-state index contributed by atoms with van der Waals surface area (Å²) in [6, 6.07) is 2.98. The summed E-state index contributed by atoms with van der Waals surface area (Å²) in [5, 5.41) is 9.17. The zero-order valence-electron chi connectivity index (χ0n) is 11.7. The number of aryl methyl sites for hydroxylation is 1. The zero-order chi connectivity index (χ0) is 14.6. The molecule has 1 aromatic rings. The molecular formula is C13H21NO4S. The van der Waals surface area contributed by atoms with Gasteiger partial charge in [0.25, 0.3) is 0 Å². The van der Waals surface area contributed by atoms with E-state index in [-0.39, 0.29) is 17.5 Å². The fraction of sp³-hybridized carbons (Fsp3) is 0.538. The van der Waals surface area contributed by atoms with Crippen molar-refractivity contribution in [2.45, 2.75) is 38.3 Å². The van der Waals surface area contributed by atoms with Crippen LogP contribution < -0.4 is 4.72 Å². The van der Waals surface area contributed by atoms with E-state index >= 15 is 0 Å². The van der Waals surface area contributed by atoms with Crippen LogP contribution in [0, 0.1) is 13.8 Å². The molecule has 108 valence electrons. The van der Waals surface area contributed by atoms with Crippen LogP contribution in [0.1, 0.15) is 23.6 Å². The van der Waals surface area contributed by atoms with E-state index in [9.17, 15) is 13.5 Å². The molecule has 19 heavy (non-hydrogen) atoms. The number of ether oxygens (including phenoxy) is 1. The quantitative estimate of drug-likeness (QED) is 0.822. The smallest absolute Gasteiger partial charge is 0.241 e. The summed E-state index contributed by atoms with van der Waals surface area (Å²) in [5.41, 5.74) is 2.11. The summed E-state index contributed by atoms with van der Waals surface area (Å²) in [4.78, 5) is 0.208. The van der Waals surface area contributed by atoms with Crippen LogP contribution >= 0.6 is 0 Å². The van der Waals surface area contributed by atoms with Crippen molar-refractivity contribution in [1.29, 1.82) is 0 Å². The molecule has 0 aromatic heterocycles. The molecule has 0 aliphatic carbocycles. The number of methoxy groups -OCH3 is 1. The van der Waals surface area contributed by atoms with Crippen molar-refractivity contribution >= 4 is 10.0 Å². The molecule has 0 bridgehead atoms. The number of rotatable bonds is 6. The number of aliphatic hydroxyl groups is 1. The number of aliphatic hydroxyl groups excluding tert-OH is 1. The minimum Gasteiger partial charge on any atom is -0.392 e. The number of hydrogen-bond acceptors (Lipinski definition) is 4. The first-order valence-electron chi connectivity index (χ1n) is 6.04. The number of sulfonamides is 1. The largest absolute Gasteiger partial charge is 0.392 e. The van der Waals surface area contributed by atoms with Gasteiger partial charge >= 0.3 is 0 Å². The maximum absolute atomic E-state index is 12.3. The van der Waals surface area contributed by atoms with Gasteiger partial charge in [-0.2, -0.15) is 0 Å². The number of nitrogens with one attached hydrogen (secondary N) is 1. The summed E-state index contributed by atoms with van der Waals surface area (Å²) in [6.45, 7) is 5.44. The molecule has 2 N–H and O–H groups in total. The molecule has 0 spiro atoms. The Morgan fingerprint density at radius 2 is 2.00 bits per heavy atom. The van der Waals surface area contributed by atoms with Gasteiger partial charge in [0.05, 0.1) is 18.1 Å². The van der Waals surface area contributed by atoms with Gasteiger partial charge in [0.1, 0.15) is 0 Å². The van der Waals surface area contributed by atoms with E-state index in [0.717, 1.165) is 5.56 Å². The average molecular weight is 287 g/mol. The van der Waals surface area contributed by atoms with Gasteiger partial charge in [-0.25, -0.2) is 13.1 Å². The number of benzene rings is 1. The molecule has 5 nitrogen and oxygen atoms in total. The van der Waals surface area contributed by atoms with Gasteiger partial charge in [-0.15, -0.1) is 0 Å². The number of hydrogen-bond donors (Lipinski definition) is 2. The summed E-state index contributed by atoms with van der Waals surface area (Å²) in [7, 11) is -2.09. The van der Waals surface area contributed by atoms with Crippen LogP contribution in [0.4, 0.5) is 0 Å². The van der Waals surface area contributed by atoms with Crippen LogP contribution in [0.2, 0.25) is 0 Å². The molecule has 6 heteroatoms. The highest BCUT2D eigenvalue weighted by molar-refractivity contribution is 7.89. The molecule has 0 saturated carbocycles. The van der Waals surface area contributed by atoms with Crippen molar-refractivity contribution in [3.63, 3.8) is 0 Å². The monoisotopic (exact) mass is 287 g/mol. The van der Waals surface area contributed by atoms with Gasteiger partial charge < -0.3 is 9.84 Å². The Kier molecular flexibility index (Phi) is 5.49. The third kappa shape index (κ3) is 4.01. The van der Waals surface area contributed by atoms with Gasteiger partial charge in [-0.1, -0.05) is 6.07 Å². The third-order valence-electron chi connectivity index (χ3n) is 2.92. The average Bonchev–Trinajstić information content (AvgIpc) is 2.31. The van der Waals surface area contributed by atoms with Crippen molar-refractivity contribution < 1.29 is 18.3 Å². The maximum atomic E-state index is 12.3. The van der Waals surface area contributed by atoms with Crippen molar-refractivity contribution in [1.82, 2.24) is 4.72 Å². The molecule has 1 rings (SSSR count). The normalized spacial score (nSPS) is 13.5. The Labute approximate surface area is 114 Å². The lowest BCUT2D eigenvalue weighted by molar-refractivity contribution is 0.180. The van der Waals surface area contributed by atoms with E-state index in [0.29, 0.717) is 17.7 Å². The second kappa shape index (κ2) is 6.47. The minimum absolute atomic E-state index is 0.183. The molecule has 0 saturated heterocycles. The summed E-state index contributed by atoms with van der Waals surface area (Å²) < 4.78 is 32.1. The van der Waals surface area contributed by atoms with E-state index in [1.54, 1.807) is 19.9 Å². The Morgan fingerprint density at radius 3 is 2.53 bits per heavy atom. The summed E-state index contributed by atoms with van der Waals surface area (Å²) in [6.07, 6.45) is 0. The van der Waals surface area contributed by atoms with Gasteiger partial charge in [0, 0.05) is 13.2 Å². The Hall–Kier alpha value is -0.950. The van der Waals surface area contributed by atoms with Crippen LogP contribution in [0.15, 0.2) is 17.0 Å². The van der Waals surface area contributed by atoms with Gasteiger partial charge in [-0.05, 0) is 43.5 Å². The maximum Gasteiger partial charge on any atom is 0.241 e. The SMILES string of the molecule is COCC(C)NS(=O)(=O)c1cc(CO)cc(C)c1C. The third-order valence-corrected chi connectivity index (χ3v) is 4.64. The molecule has 0 fully saturated rings. The first kappa shape index (κ1) is 16.1. The van der Waals surface area contributed by atoms with E-state index in [4.69, 9.17) is 4.74 Å². The van der Waals surface area contributed by atoms with Crippen molar-refractivity contribution in [2.24, 2.45) is 0 Å². The molecule has 1 atom stereocenters. The first-order chi connectivity index (χ1) is 8.81. The molecule has 0 aliphatic rings. The highest BCUT2D eigenvalue weighted by atomic mass is 32.2. The molecular weight excluding hydrogens is 266 g/mol. The minimum atomic E-state index is -3.61. The van der Waals surface area contributed by atoms with Crippen molar-refractivity contribution in [2.75, 3.05) is 13.7 Å². The predicted molar refractivity (Wildman–Crippen MR) is 73.5 cm³/mol. The van der Waals surface area contributed by atoms with Crippen LogP contribution in [0.5, 0.6) is 0 Å². The highest BCUT2D eigenvalue weighted by Gasteiger charge is 2.21. The molecule has 0 amide bonds. The van der Waals surface area contributed by atoms with Crippen molar-refractivity contribution in [3.05, 3.63) is 28.8 Å². The lowest BCUT2D eigenvalue weighted by Crippen LogP contribution is -2.36. The molecule has 0 heterocycles.